The third kappa shape index (κ3) is 8.32. The molecule has 14 rings (SSSR count). The molecule has 0 atom stereocenters. The van der Waals surface area contributed by atoms with Crippen molar-refractivity contribution in [3.05, 3.63) is 260 Å². The van der Waals surface area contributed by atoms with Crippen LogP contribution in [0.4, 0.5) is 0 Å². The number of imidazole rings is 1. The van der Waals surface area contributed by atoms with Gasteiger partial charge in [0.1, 0.15) is 17.3 Å². The zero-order valence-corrected chi connectivity index (χ0v) is 44.3. The summed E-state index contributed by atoms with van der Waals surface area (Å²) in [6, 6.07) is 42.9. The van der Waals surface area contributed by atoms with Crippen LogP contribution in [0.15, 0.2) is 242 Å². The highest BCUT2D eigenvalue weighted by atomic mass is 16.5. The summed E-state index contributed by atoms with van der Waals surface area (Å²) in [5.74, 6) is 1.81. The Hall–Kier alpha value is -9.58. The van der Waals surface area contributed by atoms with Crippen molar-refractivity contribution in [1.82, 2.24) is 14.1 Å². The third-order valence-electron chi connectivity index (χ3n) is 14.9. The number of hydrogen-bond acceptors (Lipinski definition) is 2. The molecule has 380 valence electrons. The Labute approximate surface area is 480 Å². The lowest BCUT2D eigenvalue weighted by molar-refractivity contribution is -0.572. The molecule has 0 aliphatic carbocycles. The number of aromatic nitrogens is 4. The minimum Gasteiger partial charge on any atom is -0.458 e. The van der Waals surface area contributed by atoms with E-state index < -0.39 is 106 Å². The van der Waals surface area contributed by atoms with E-state index in [1.165, 1.54) is 0 Å². The SMILES string of the molecule is [2H]c1c([2H])c([2H])c(-c2c([2H])c(-c3cc4c5c(c3)n(-c3cccc(Oc6ccc7c8ccccc8n(-c8cc(C(C)(C)C)ccn8)c7c6)c3)[c-][n+]5-c3c(cccc3C(C)(C)C)-c3ccccc3-c3ccccc3-4)c([2H])c(-c3c([2H])c([2H])c([2H])c([2H])c3[2H])c2[2H])c([2H])c1[2H]. The molecule has 0 fully saturated rings. The van der Waals surface area contributed by atoms with Crippen LogP contribution in [-0.4, -0.2) is 14.1 Å². The van der Waals surface area contributed by atoms with Gasteiger partial charge in [-0.25, -0.2) is 4.98 Å². The van der Waals surface area contributed by atoms with E-state index in [-0.39, 0.29) is 16.5 Å². The monoisotopic (exact) mass is 1030 g/mol. The van der Waals surface area contributed by atoms with Crippen LogP contribution in [0.2, 0.25) is 0 Å². The third-order valence-corrected chi connectivity index (χ3v) is 14.9. The highest BCUT2D eigenvalue weighted by Gasteiger charge is 2.30. The molecule has 1 aliphatic rings. The van der Waals surface area contributed by atoms with E-state index in [0.717, 1.165) is 72.3 Å². The van der Waals surface area contributed by atoms with Gasteiger partial charge in [0.15, 0.2) is 0 Å². The van der Waals surface area contributed by atoms with Crippen molar-refractivity contribution in [1.29, 1.82) is 0 Å². The van der Waals surface area contributed by atoms with Gasteiger partial charge in [-0.1, -0.05) is 199 Å². The second-order valence-electron chi connectivity index (χ2n) is 22.0. The zero-order valence-electron chi connectivity index (χ0n) is 57.3. The van der Waals surface area contributed by atoms with E-state index in [9.17, 15) is 9.60 Å². The molecule has 0 amide bonds. The number of nitrogens with zero attached hydrogens (tertiary/aromatic N) is 4. The van der Waals surface area contributed by atoms with Crippen LogP contribution in [0.3, 0.4) is 0 Å². The maximum atomic E-state index is 10.3. The van der Waals surface area contributed by atoms with E-state index in [2.05, 4.69) is 112 Å². The number of ether oxygens (including phenoxy) is 1. The number of hydrogen-bond donors (Lipinski definition) is 0. The molecule has 0 bridgehead atoms. The molecule has 5 heteroatoms. The van der Waals surface area contributed by atoms with Crippen molar-refractivity contribution in [3.8, 4) is 95.5 Å². The molecule has 3 aromatic heterocycles. The summed E-state index contributed by atoms with van der Waals surface area (Å²) < 4.78 is 133. The number of rotatable bonds is 7. The van der Waals surface area contributed by atoms with Crippen LogP contribution in [0.1, 0.15) is 70.5 Å². The Balaban J connectivity index is 1.08. The first-order valence-electron chi connectivity index (χ1n) is 32.8. The van der Waals surface area contributed by atoms with Crippen molar-refractivity contribution in [3.63, 3.8) is 0 Å². The molecule has 4 heterocycles. The van der Waals surface area contributed by atoms with E-state index in [1.54, 1.807) is 6.07 Å². The molecule has 0 saturated carbocycles. The zero-order chi connectivity index (χ0) is 64.9. The molecular weight excluding hydrogens is 961 g/mol. The van der Waals surface area contributed by atoms with Crippen molar-refractivity contribution >= 4 is 32.8 Å². The fourth-order valence-corrected chi connectivity index (χ4v) is 11.2. The van der Waals surface area contributed by atoms with Gasteiger partial charge in [0, 0.05) is 23.0 Å². The molecule has 0 radical (unpaired) electrons. The summed E-state index contributed by atoms with van der Waals surface area (Å²) in [4.78, 5) is 4.89. The van der Waals surface area contributed by atoms with Crippen LogP contribution in [-0.2, 0) is 10.8 Å². The van der Waals surface area contributed by atoms with E-state index >= 15 is 0 Å². The molecule has 5 nitrogen and oxygen atoms in total. The molecule has 0 unspecified atom stereocenters. The van der Waals surface area contributed by atoms with Crippen molar-refractivity contribution in [2.24, 2.45) is 0 Å². The van der Waals surface area contributed by atoms with Crippen molar-refractivity contribution in [2.45, 2.75) is 52.4 Å². The second-order valence-corrected chi connectivity index (χ2v) is 22.0. The highest BCUT2D eigenvalue weighted by Crippen LogP contribution is 2.47. The lowest BCUT2D eigenvalue weighted by atomic mass is 9.82. The normalized spacial score (nSPS) is 14.5. The molecule has 79 heavy (non-hydrogen) atoms. The van der Waals surface area contributed by atoms with Gasteiger partial charge in [0.25, 0.3) is 6.33 Å². The Morgan fingerprint density at radius 2 is 1.05 bits per heavy atom. The highest BCUT2D eigenvalue weighted by molar-refractivity contribution is 6.09. The largest absolute Gasteiger partial charge is 0.458 e. The Kier molecular flexibility index (Phi) is 8.39. The van der Waals surface area contributed by atoms with E-state index in [4.69, 9.17) is 17.9 Å². The van der Waals surface area contributed by atoms with Crippen molar-refractivity contribution in [2.75, 3.05) is 0 Å². The summed E-state index contributed by atoms with van der Waals surface area (Å²) in [6.07, 6.45) is 5.68. The van der Waals surface area contributed by atoms with Gasteiger partial charge in [-0.2, -0.15) is 0 Å². The lowest BCUT2D eigenvalue weighted by Gasteiger charge is -2.26. The number of pyridine rings is 1. The average molecular weight is 1030 g/mol. The molecule has 10 aromatic carbocycles. The number of para-hydroxylation sites is 2. The Bertz CT molecular complexity index is 5190. The molecule has 13 aromatic rings. The smallest absolute Gasteiger partial charge is 0.269 e. The van der Waals surface area contributed by atoms with Crippen LogP contribution in [0, 0.1) is 6.33 Å². The molecular formula is C74H58N4O. The van der Waals surface area contributed by atoms with Gasteiger partial charge in [0.2, 0.25) is 0 Å². The molecule has 0 spiro atoms. The Morgan fingerprint density at radius 1 is 0.468 bits per heavy atom. The summed E-state index contributed by atoms with van der Waals surface area (Å²) >= 11 is 0. The molecule has 0 N–H and O–H groups in total. The van der Waals surface area contributed by atoms with Gasteiger partial charge >= 0.3 is 0 Å². The first-order chi connectivity index (χ1) is 43.8. The van der Waals surface area contributed by atoms with Crippen molar-refractivity contribution < 1.29 is 27.1 Å². The maximum Gasteiger partial charge on any atom is 0.269 e. The maximum absolute atomic E-state index is 10.3. The predicted molar refractivity (Wildman–Crippen MR) is 326 cm³/mol. The fraction of sp³-hybridized carbons (Fsp3) is 0.108. The van der Waals surface area contributed by atoms with E-state index in [0.29, 0.717) is 33.8 Å². The summed E-state index contributed by atoms with van der Waals surface area (Å²) in [5, 5.41) is 2.08. The first-order valence-corrected chi connectivity index (χ1v) is 26.3. The first kappa shape index (κ1) is 35.7. The lowest BCUT2D eigenvalue weighted by Crippen LogP contribution is -2.35. The van der Waals surface area contributed by atoms with Crippen LogP contribution < -0.4 is 9.30 Å². The molecule has 1 aliphatic heterocycles. The van der Waals surface area contributed by atoms with Crippen LogP contribution in [0.25, 0.3) is 117 Å². The van der Waals surface area contributed by atoms with Crippen LogP contribution >= 0.6 is 0 Å². The molecule has 0 saturated heterocycles. The predicted octanol–water partition coefficient (Wildman–Crippen LogP) is 18.9. The van der Waals surface area contributed by atoms with Crippen LogP contribution in [0.5, 0.6) is 11.5 Å². The average Bonchev–Trinajstić information content (AvgIpc) is 1.36. The topological polar surface area (TPSA) is 35.9 Å². The van der Waals surface area contributed by atoms with E-state index in [1.807, 2.05) is 108 Å². The van der Waals surface area contributed by atoms with Gasteiger partial charge in [-0.3, -0.25) is 13.7 Å². The summed E-state index contributed by atoms with van der Waals surface area (Å²) in [5.41, 5.74) is 8.94. The second kappa shape index (κ2) is 18.6. The van der Waals surface area contributed by atoms with Gasteiger partial charge < -0.3 is 4.74 Å². The summed E-state index contributed by atoms with van der Waals surface area (Å²) in [6.45, 7) is 13.0. The van der Waals surface area contributed by atoms with Gasteiger partial charge in [-0.05, 0) is 161 Å². The Morgan fingerprint density at radius 3 is 1.72 bits per heavy atom. The standard InChI is InChI=1S/C74H58N4O/c1-73(2,3)54-37-38-75-70(44-54)78-67-34-18-17-31-62(67)63-36-35-57(46-68(63)78)79-56-26-19-25-55(45-56)76-47-77-71-64(32-20-33-66(71)74(4,5)6)60-29-15-13-27-58(60)59-28-14-16-30-61(59)65-42-53(43-69(76)72(65)77)52-40-50(48-21-9-7-10-22-48)39-51(41-52)49-23-11-8-12-24-49/h7-46H,1-6H3/i7D,8D,9D,10D,11D,12D,21D,22D,23D,24D,39D,40D,41D. The summed E-state index contributed by atoms with van der Waals surface area (Å²) in [7, 11) is 0. The van der Waals surface area contributed by atoms with Gasteiger partial charge in [-0.15, -0.1) is 0 Å². The fourth-order valence-electron chi connectivity index (χ4n) is 11.2. The minimum absolute atomic E-state index is 0.130. The number of benzene rings is 10. The number of fused-ring (bicyclic) bond motifs is 10. The van der Waals surface area contributed by atoms with Gasteiger partial charge in [0.05, 0.1) is 51.3 Å². The minimum atomic E-state index is -0.742. The quantitative estimate of drug-likeness (QED) is 0.118.